The number of esters is 3. The van der Waals surface area contributed by atoms with Gasteiger partial charge in [0.2, 0.25) is 5.91 Å². The lowest BCUT2D eigenvalue weighted by atomic mass is 10.0. The van der Waals surface area contributed by atoms with Gasteiger partial charge in [-0.25, -0.2) is 24.0 Å². The average molecular weight is 1460 g/mol. The van der Waals surface area contributed by atoms with Crippen LogP contribution in [-0.2, 0) is 125 Å². The third kappa shape index (κ3) is 29.8. The van der Waals surface area contributed by atoms with Crippen LogP contribution < -0.4 is 16.4 Å². The maximum absolute atomic E-state index is 12.5. The number of rotatable bonds is 24. The smallest absolute Gasteiger partial charge is 0.504 e. The number of aliphatic hydroxyl groups excluding tert-OH is 1. The van der Waals surface area contributed by atoms with Gasteiger partial charge in [-0.05, 0) is 71.3 Å². The molecule has 4 fully saturated rings. The first-order chi connectivity index (χ1) is 48.0. The summed E-state index contributed by atoms with van der Waals surface area (Å²) in [6, 6.07) is 9.25. The molecule has 5 unspecified atom stereocenters. The summed E-state index contributed by atoms with van der Waals surface area (Å²) >= 11 is 0. The van der Waals surface area contributed by atoms with Crippen molar-refractivity contribution < 1.29 is 155 Å². The first-order valence-electron chi connectivity index (χ1n) is 30.7. The minimum Gasteiger partial charge on any atom is -0.504 e. The van der Waals surface area contributed by atoms with Crippen molar-refractivity contribution in [2.75, 3.05) is 41.2 Å². The van der Waals surface area contributed by atoms with Crippen molar-refractivity contribution in [1.82, 2.24) is 30.9 Å². The van der Waals surface area contributed by atoms with Crippen LogP contribution in [0.4, 0.5) is 14.4 Å². The van der Waals surface area contributed by atoms with Crippen LogP contribution in [0.2, 0.25) is 0 Å². The Kier molecular flexibility index (Phi) is 36.3. The van der Waals surface area contributed by atoms with Gasteiger partial charge in [0, 0.05) is 83.2 Å². The van der Waals surface area contributed by atoms with E-state index in [2.05, 4.69) is 34.7 Å². The third-order valence-corrected chi connectivity index (χ3v) is 13.7. The van der Waals surface area contributed by atoms with Crippen molar-refractivity contribution >= 4 is 95.4 Å². The molecule has 0 spiro atoms. The second-order valence-electron chi connectivity index (χ2n) is 22.7. The van der Waals surface area contributed by atoms with Crippen LogP contribution in [0.3, 0.4) is 0 Å². The normalized spacial score (nSPS) is 15.1. The molecular weight excluding hydrogens is 1380 g/mol. The largest absolute Gasteiger partial charge is 0.560 e. The number of hydrogen-bond donors (Lipinski definition) is 10. The second-order valence-corrected chi connectivity index (χ2v) is 22.7. The average Bonchev–Trinajstić information content (AvgIpc) is 1.81. The summed E-state index contributed by atoms with van der Waals surface area (Å²) in [6.07, 6.45) is -4.19. The van der Waals surface area contributed by atoms with E-state index in [0.29, 0.717) is 39.3 Å². The van der Waals surface area contributed by atoms with Crippen molar-refractivity contribution in [1.29, 1.82) is 0 Å². The Labute approximate surface area is 587 Å². The molecule has 0 aromatic heterocycles. The molecule has 11 N–H and O–H groups in total. The topological polar surface area (TPSA) is 561 Å². The SMILES string of the molecule is C.CC(C)CO.CC(COC(=O)ON1C(=O)CCC1=O)CC(=O)ON1C(=O)CCC1=O.COC(=O)C(Cc1ccc(O)c(O)c1)NC(=O)CC(C)COC(=O)NC(Cc1ccc(O)c(O)c1)C(=O)OC.COC(=O)C(N)Cc1ccc(O)c(O)c1.O=C(ON1C(=O)CCC1=O)ON1C(=O)CCC1=O. The molecule has 5 atom stereocenters. The number of hydroxylamine groups is 8. The maximum Gasteiger partial charge on any atom is 0.560 e. The number of amides is 10. The number of methoxy groups -OCH3 is 3. The summed E-state index contributed by atoms with van der Waals surface area (Å²) in [6.45, 7) is 6.98. The molecule has 3 aromatic rings. The highest BCUT2D eigenvalue weighted by Gasteiger charge is 2.39. The van der Waals surface area contributed by atoms with E-state index in [9.17, 15) is 102 Å². The number of alkyl carbamates (subject to hydrolysis) is 1. The van der Waals surface area contributed by atoms with E-state index in [1.165, 1.54) is 55.6 Å². The molecule has 0 radical (unpaired) electrons. The molecular formula is C64H83N7O32. The predicted molar refractivity (Wildman–Crippen MR) is 341 cm³/mol. The molecule has 10 amide bonds. The first-order valence-corrected chi connectivity index (χ1v) is 30.7. The van der Waals surface area contributed by atoms with Gasteiger partial charge in [-0.15, -0.1) is 5.06 Å². The molecule has 4 heterocycles. The number of nitrogens with two attached hydrogens (primary N) is 1. The Bertz CT molecular complexity index is 3460. The fraction of sp³-hybridized carbons (Fsp3) is 0.469. The van der Waals surface area contributed by atoms with Crippen LogP contribution in [0.25, 0.3) is 0 Å². The van der Waals surface area contributed by atoms with Gasteiger partial charge >= 0.3 is 42.3 Å². The predicted octanol–water partition coefficient (Wildman–Crippen LogP) is 1.76. The molecule has 7 rings (SSSR count). The van der Waals surface area contributed by atoms with Crippen LogP contribution in [0, 0.1) is 17.8 Å². The quantitative estimate of drug-likeness (QED) is 0.0264. The van der Waals surface area contributed by atoms with E-state index in [-0.39, 0.29) is 149 Å². The third-order valence-electron chi connectivity index (χ3n) is 13.7. The number of phenols is 6. The molecule has 0 bridgehead atoms. The van der Waals surface area contributed by atoms with Crippen LogP contribution >= 0.6 is 0 Å². The van der Waals surface area contributed by atoms with Gasteiger partial charge in [0.15, 0.2) is 34.5 Å². The number of aromatic hydroxyl groups is 6. The lowest BCUT2D eigenvalue weighted by Gasteiger charge is -2.19. The molecule has 4 saturated heterocycles. The summed E-state index contributed by atoms with van der Waals surface area (Å²) in [7, 11) is 3.57. The number of nitrogens with one attached hydrogen (secondary N) is 2. The lowest BCUT2D eigenvalue weighted by Crippen LogP contribution is -2.44. The number of phenolic OH excluding ortho intramolecular Hbond substituents is 6. The van der Waals surface area contributed by atoms with Crippen LogP contribution in [0.5, 0.6) is 34.5 Å². The first kappa shape index (κ1) is 87.2. The zero-order valence-corrected chi connectivity index (χ0v) is 56.2. The van der Waals surface area contributed by atoms with Crippen LogP contribution in [-0.4, -0.2) is 211 Å². The molecule has 0 saturated carbocycles. The summed E-state index contributed by atoms with van der Waals surface area (Å²) in [5.74, 6) is -11.0. The summed E-state index contributed by atoms with van der Waals surface area (Å²) < 4.78 is 23.7. The van der Waals surface area contributed by atoms with E-state index in [4.69, 9.17) is 34.9 Å². The molecule has 566 valence electrons. The number of imide groups is 4. The molecule has 39 nitrogen and oxygen atoms in total. The minimum atomic E-state index is -1.48. The van der Waals surface area contributed by atoms with Gasteiger partial charge in [-0.2, -0.15) is 4.79 Å². The van der Waals surface area contributed by atoms with Gasteiger partial charge < -0.3 is 80.6 Å². The van der Waals surface area contributed by atoms with Gasteiger partial charge in [0.25, 0.3) is 47.3 Å². The minimum absolute atomic E-state index is 0. The van der Waals surface area contributed by atoms with Gasteiger partial charge in [-0.3, -0.25) is 62.5 Å². The molecule has 39 heteroatoms. The van der Waals surface area contributed by atoms with Crippen molar-refractivity contribution in [3.63, 3.8) is 0 Å². The highest BCUT2D eigenvalue weighted by Crippen LogP contribution is 2.28. The van der Waals surface area contributed by atoms with E-state index >= 15 is 0 Å². The van der Waals surface area contributed by atoms with Gasteiger partial charge in [0.1, 0.15) is 18.1 Å². The summed E-state index contributed by atoms with van der Waals surface area (Å²) in [4.78, 5) is 202. The maximum atomic E-state index is 12.5. The van der Waals surface area contributed by atoms with Crippen LogP contribution in [0.15, 0.2) is 54.6 Å². The Morgan fingerprint density at radius 2 is 0.748 bits per heavy atom. The van der Waals surface area contributed by atoms with E-state index in [1.807, 2.05) is 13.8 Å². The highest BCUT2D eigenvalue weighted by molar-refractivity contribution is 6.04. The number of hydrogen-bond acceptors (Lipinski definition) is 33. The zero-order chi connectivity index (χ0) is 76.7. The number of nitrogens with zero attached hydrogens (tertiary/aromatic N) is 4. The molecule has 0 aliphatic carbocycles. The van der Waals surface area contributed by atoms with Crippen molar-refractivity contribution in [2.45, 2.75) is 137 Å². The van der Waals surface area contributed by atoms with Crippen LogP contribution in [0.1, 0.15) is 116 Å². The van der Waals surface area contributed by atoms with Gasteiger partial charge in [-0.1, -0.05) is 68.5 Å². The fourth-order valence-electron chi connectivity index (χ4n) is 8.34. The van der Waals surface area contributed by atoms with E-state index in [0.717, 1.165) is 14.2 Å². The molecule has 103 heavy (non-hydrogen) atoms. The van der Waals surface area contributed by atoms with Crippen molar-refractivity contribution in [3.05, 3.63) is 71.3 Å². The number of benzene rings is 3. The van der Waals surface area contributed by atoms with E-state index < -0.39 is 125 Å². The molecule has 3 aromatic carbocycles. The number of carbonyl (C=O) groups is 16. The Morgan fingerprint density at radius 3 is 1.09 bits per heavy atom. The van der Waals surface area contributed by atoms with Gasteiger partial charge in [0.05, 0.1) is 41.0 Å². The highest BCUT2D eigenvalue weighted by atomic mass is 16.9. The Balaban J connectivity index is 0.000000483. The Hall–Kier alpha value is -11.9. The molecule has 4 aliphatic rings. The number of ether oxygens (including phenoxy) is 5. The lowest BCUT2D eigenvalue weighted by molar-refractivity contribution is -0.198. The second kappa shape index (κ2) is 42.9. The number of carbonyl (C=O) groups excluding carboxylic acids is 16. The molecule has 4 aliphatic heterocycles. The Morgan fingerprint density at radius 1 is 0.437 bits per heavy atom. The summed E-state index contributed by atoms with van der Waals surface area (Å²) in [5, 5.41) is 70.8. The van der Waals surface area contributed by atoms with Crippen molar-refractivity contribution in [3.8, 4) is 34.5 Å². The number of aliphatic hydroxyl groups is 1. The standard InChI is InChI=1S/C26H32N2O11.C14H16N2O9.C10H13NO4.C9H8N2O7.C4H10O.CH4/c1-14(8-23(33)27-17(24(34)37-2)9-15-4-6-19(29)21(31)11-15)13-39-26(36)28-18(25(35)38-3)10-16-5-7-20(30)22(32)12-16;1-8(6-13(21)24-15-9(17)2-3-10(15)18)7-23-14(22)25-16-11(19)4-5-12(16)20;1-15-10(14)7(11)4-6-2-3-8(12)9(13)5-6;12-5-1-2-6(13)10(5)17-9(16)18-11-7(14)3-4-8(11)15;1-4(2)3-5;/h4-7,11-12,14,17-18,29-32H,8-10,13H2,1-3H3,(H,27,33)(H,28,36);8H,2-7H2,1H3;2-3,5,7,12-13H,4,11H2,1H3;1-4H2;4-5H,3H2,1-2H3;1H4. The fourth-order valence-corrected chi connectivity index (χ4v) is 8.34. The monoisotopic (exact) mass is 1460 g/mol. The summed E-state index contributed by atoms with van der Waals surface area (Å²) in [5.41, 5.74) is 7.09. The van der Waals surface area contributed by atoms with Crippen molar-refractivity contribution in [2.24, 2.45) is 23.5 Å². The zero-order valence-electron chi connectivity index (χ0n) is 56.2. The van der Waals surface area contributed by atoms with E-state index in [1.54, 1.807) is 19.9 Å².